The molecule has 0 saturated carbocycles. The monoisotopic (exact) mass is 881 g/mol. The molecule has 0 N–H and O–H groups in total. The molecule has 0 aliphatic rings. The Morgan fingerprint density at radius 3 is 1.18 bits per heavy atom. The van der Waals surface area contributed by atoms with Gasteiger partial charge in [0.25, 0.3) is 0 Å². The molecule has 13 rings (SSSR count). The van der Waals surface area contributed by atoms with E-state index in [1.54, 1.807) is 0 Å². The highest BCUT2D eigenvalue weighted by Crippen LogP contribution is 2.46. The van der Waals surface area contributed by atoms with E-state index in [9.17, 15) is 0 Å². The van der Waals surface area contributed by atoms with Crippen LogP contribution in [0.4, 0.5) is 5.69 Å². The van der Waals surface area contributed by atoms with Crippen LogP contribution in [0.3, 0.4) is 0 Å². The quantitative estimate of drug-likeness (QED) is 0.156. The zero-order valence-electron chi connectivity index (χ0n) is 39.7. The van der Waals surface area contributed by atoms with E-state index < -0.39 is 0 Å². The molecule has 0 aliphatic heterocycles. The lowest BCUT2D eigenvalue weighted by molar-refractivity contribution is 0.634. The minimum absolute atomic E-state index is 0.436. The molecule has 5 nitrogen and oxygen atoms in total. The Balaban J connectivity index is 0.964. The number of furan rings is 2. The van der Waals surface area contributed by atoms with Crippen molar-refractivity contribution in [3.05, 3.63) is 173 Å². The maximum Gasteiger partial charge on any atom is 0.199 e. The van der Waals surface area contributed by atoms with Crippen molar-refractivity contribution in [2.45, 2.75) is 79.1 Å². The normalized spacial score (nSPS) is 12.6. The minimum Gasteiger partial charge on any atom is -0.453 e. The molecular weight excluding hydrogens is 831 g/mol. The number of aromatic nitrogens is 2. The summed E-state index contributed by atoms with van der Waals surface area (Å²) in [6, 6.07) is 51.8. The van der Waals surface area contributed by atoms with E-state index in [0.29, 0.717) is 40.5 Å². The van der Waals surface area contributed by atoms with Gasteiger partial charge in [-0.15, -0.1) is 0 Å². The maximum absolute atomic E-state index is 8.40. The van der Waals surface area contributed by atoms with E-state index in [2.05, 4.69) is 203 Å². The second kappa shape index (κ2) is 14.6. The van der Waals surface area contributed by atoms with Crippen molar-refractivity contribution in [3.63, 3.8) is 0 Å². The molecule has 9 aromatic carbocycles. The van der Waals surface area contributed by atoms with Crippen LogP contribution in [0.2, 0.25) is 0 Å². The van der Waals surface area contributed by atoms with Crippen molar-refractivity contribution >= 4 is 115 Å². The second-order valence-electron chi connectivity index (χ2n) is 20.4. The first-order valence-electron chi connectivity index (χ1n) is 24.2. The lowest BCUT2D eigenvalue weighted by atomic mass is 9.98. The van der Waals surface area contributed by atoms with Gasteiger partial charge in [0.05, 0.1) is 28.6 Å². The highest BCUT2D eigenvalue weighted by atomic mass is 16.4. The smallest absolute Gasteiger partial charge is 0.199 e. The highest BCUT2D eigenvalue weighted by molar-refractivity contribution is 6.25. The van der Waals surface area contributed by atoms with E-state index in [1.165, 1.54) is 65.9 Å². The van der Waals surface area contributed by atoms with Crippen LogP contribution in [0.1, 0.15) is 101 Å². The van der Waals surface area contributed by atoms with Crippen molar-refractivity contribution < 1.29 is 8.83 Å². The molecule has 0 unspecified atom stereocenters. The third-order valence-electron chi connectivity index (χ3n) is 15.0. The summed E-state index contributed by atoms with van der Waals surface area (Å²) in [5, 5.41) is 13.0. The summed E-state index contributed by atoms with van der Waals surface area (Å²) in [6.45, 7) is 26.5. The fourth-order valence-corrected chi connectivity index (χ4v) is 11.1. The van der Waals surface area contributed by atoms with Gasteiger partial charge in [-0.25, -0.2) is 4.85 Å². The van der Waals surface area contributed by atoms with Crippen LogP contribution in [-0.4, -0.2) is 9.13 Å². The molecule has 0 saturated heterocycles. The summed E-state index contributed by atoms with van der Waals surface area (Å²) in [5.41, 5.74) is 15.7. The molecule has 13 aromatic rings. The van der Waals surface area contributed by atoms with Gasteiger partial charge in [-0.3, -0.25) is 0 Å². The zero-order valence-corrected chi connectivity index (χ0v) is 39.7. The standard InChI is InChI=1S/C63H51N3O2/c1-33(2)37-12-18-55-47(24-37)48-25-38(34(3)4)13-19-56(48)65(55)45-16-10-41-28-51-52-32-54(64-9)61-53-29-42-11-17-46(23-44(42)31-60(53)68-63(61)62(52)67-59(51)30-43(41)22-45)66-57-20-14-39(35(5)6)26-49(57)50-27-40(36(7)8)15-21-58(50)66/h10-36H,1-8H3. The van der Waals surface area contributed by atoms with Crippen molar-refractivity contribution in [3.8, 4) is 11.4 Å². The number of nitrogens with zero attached hydrogens (tertiary/aromatic N) is 3. The first kappa shape index (κ1) is 40.5. The number of rotatable bonds is 6. The molecule has 4 aromatic heterocycles. The third kappa shape index (κ3) is 5.86. The number of hydrogen-bond acceptors (Lipinski definition) is 2. The first-order chi connectivity index (χ1) is 32.9. The first-order valence-corrected chi connectivity index (χ1v) is 24.2. The molecule has 0 amide bonds. The van der Waals surface area contributed by atoms with E-state index in [4.69, 9.17) is 15.4 Å². The summed E-state index contributed by atoms with van der Waals surface area (Å²) >= 11 is 0. The topological polar surface area (TPSA) is 40.5 Å². The maximum atomic E-state index is 8.40. The third-order valence-corrected chi connectivity index (χ3v) is 15.0. The Bertz CT molecular complexity index is 4220. The Morgan fingerprint density at radius 1 is 0.368 bits per heavy atom. The molecule has 68 heavy (non-hydrogen) atoms. The van der Waals surface area contributed by atoms with Crippen LogP contribution >= 0.6 is 0 Å². The summed E-state index contributed by atoms with van der Waals surface area (Å²) in [5.74, 6) is 1.75. The van der Waals surface area contributed by atoms with Gasteiger partial charge in [0, 0.05) is 54.5 Å². The lowest BCUT2D eigenvalue weighted by Gasteiger charge is -2.11. The van der Waals surface area contributed by atoms with Gasteiger partial charge in [-0.2, -0.15) is 0 Å². The molecule has 4 heterocycles. The van der Waals surface area contributed by atoms with E-state index in [1.807, 2.05) is 6.07 Å². The van der Waals surface area contributed by atoms with Crippen molar-refractivity contribution in [2.24, 2.45) is 0 Å². The number of hydrogen-bond donors (Lipinski definition) is 0. The summed E-state index contributed by atoms with van der Waals surface area (Å²) in [6.07, 6.45) is 0. The number of benzene rings is 9. The van der Waals surface area contributed by atoms with Crippen LogP contribution in [0.15, 0.2) is 148 Å². The van der Waals surface area contributed by atoms with Gasteiger partial charge in [-0.05, 0) is 171 Å². The van der Waals surface area contributed by atoms with Crippen LogP contribution in [0.25, 0.3) is 125 Å². The Labute approximate surface area is 394 Å². The highest BCUT2D eigenvalue weighted by Gasteiger charge is 2.23. The molecule has 5 heteroatoms. The van der Waals surface area contributed by atoms with Gasteiger partial charge >= 0.3 is 0 Å². The van der Waals surface area contributed by atoms with Crippen molar-refractivity contribution in [1.29, 1.82) is 0 Å². The summed E-state index contributed by atoms with van der Waals surface area (Å²) in [7, 11) is 0. The molecule has 0 radical (unpaired) electrons. The van der Waals surface area contributed by atoms with Gasteiger partial charge in [0.1, 0.15) is 11.2 Å². The molecule has 0 aliphatic carbocycles. The zero-order chi connectivity index (χ0) is 46.4. The SMILES string of the molecule is [C-]#[N+]c1cc2c3cc4ccc(-n5c6ccc(C(C)C)cc6c6cc(C(C)C)ccc65)cc4cc3oc2c2oc3cc4cc(-n5c6ccc(C(C)C)cc6c6cc(C(C)C)ccc65)ccc4cc3c12. The molecule has 330 valence electrons. The van der Waals surface area contributed by atoms with E-state index in [0.717, 1.165) is 65.6 Å². The predicted molar refractivity (Wildman–Crippen MR) is 287 cm³/mol. The van der Waals surface area contributed by atoms with E-state index >= 15 is 0 Å². The molecule has 0 fully saturated rings. The number of fused-ring (bicyclic) bond motifs is 15. The Morgan fingerprint density at radius 2 is 0.765 bits per heavy atom. The largest absolute Gasteiger partial charge is 0.453 e. The predicted octanol–water partition coefficient (Wildman–Crippen LogP) is 19.0. The second-order valence-corrected chi connectivity index (χ2v) is 20.4. The van der Waals surface area contributed by atoms with E-state index in [-0.39, 0.29) is 0 Å². The minimum atomic E-state index is 0.436. The van der Waals surface area contributed by atoms with Crippen LogP contribution in [-0.2, 0) is 0 Å². The van der Waals surface area contributed by atoms with Gasteiger partial charge in [0.15, 0.2) is 16.9 Å². The van der Waals surface area contributed by atoms with Gasteiger partial charge in [0.2, 0.25) is 0 Å². The van der Waals surface area contributed by atoms with Crippen molar-refractivity contribution in [2.75, 3.05) is 0 Å². The molecule has 0 spiro atoms. The summed E-state index contributed by atoms with van der Waals surface area (Å²) in [4.78, 5) is 4.10. The lowest BCUT2D eigenvalue weighted by Crippen LogP contribution is -1.95. The summed E-state index contributed by atoms with van der Waals surface area (Å²) < 4.78 is 18.5. The van der Waals surface area contributed by atoms with Crippen molar-refractivity contribution in [1.82, 2.24) is 9.13 Å². The van der Waals surface area contributed by atoms with Gasteiger partial charge < -0.3 is 18.0 Å². The molecule has 0 atom stereocenters. The fraction of sp³-hybridized carbons (Fsp3) is 0.190. The van der Waals surface area contributed by atoms with Crippen LogP contribution in [0.5, 0.6) is 0 Å². The fourth-order valence-electron chi connectivity index (χ4n) is 11.1. The Kier molecular flexibility index (Phi) is 8.68. The molecular formula is C63H51N3O2. The van der Waals surface area contributed by atoms with Gasteiger partial charge in [-0.1, -0.05) is 91.8 Å². The Hall–Kier alpha value is -7.81. The average Bonchev–Trinajstić information content (AvgIpc) is 4.08. The van der Waals surface area contributed by atoms with Crippen LogP contribution in [0, 0.1) is 6.57 Å². The van der Waals surface area contributed by atoms with Crippen LogP contribution < -0.4 is 0 Å². The average molecular weight is 882 g/mol. The molecule has 0 bridgehead atoms.